The standard InChI is InChI=1S/C22H23N5O3S2/c1-13-9-20(23)25-22(24-13)32-12-21(28)27-16(11-15(26-27)19-5-4-8-31-19)14-6-7-17(29-2)18(10-14)30-3/h4-10,16H,11-12H2,1-3H3,(H2,23,24,25)/t16-/m1/s1. The molecule has 1 amide bonds. The number of carbonyl (C=O) groups excluding carboxylic acids is 1. The molecule has 0 aliphatic carbocycles. The van der Waals surface area contributed by atoms with Gasteiger partial charge in [-0.3, -0.25) is 4.79 Å². The molecule has 166 valence electrons. The van der Waals surface area contributed by atoms with Gasteiger partial charge in [-0.1, -0.05) is 23.9 Å². The van der Waals surface area contributed by atoms with Crippen LogP contribution in [0.25, 0.3) is 0 Å². The minimum Gasteiger partial charge on any atom is -0.493 e. The van der Waals surface area contributed by atoms with Gasteiger partial charge in [0.2, 0.25) is 0 Å². The van der Waals surface area contributed by atoms with Crippen molar-refractivity contribution in [3.8, 4) is 11.5 Å². The molecule has 3 heterocycles. The number of rotatable bonds is 7. The number of carbonyl (C=O) groups is 1. The number of aryl methyl sites for hydroxylation is 1. The van der Waals surface area contributed by atoms with Crippen LogP contribution in [-0.2, 0) is 4.79 Å². The van der Waals surface area contributed by atoms with E-state index in [0.29, 0.717) is 28.9 Å². The number of hydrogen-bond acceptors (Lipinski definition) is 9. The summed E-state index contributed by atoms with van der Waals surface area (Å²) in [7, 11) is 3.19. The van der Waals surface area contributed by atoms with Gasteiger partial charge in [0.25, 0.3) is 5.91 Å². The molecule has 10 heteroatoms. The average Bonchev–Trinajstić information content (AvgIpc) is 3.46. The molecule has 0 fully saturated rings. The number of amides is 1. The van der Waals surface area contributed by atoms with Crippen molar-refractivity contribution in [1.29, 1.82) is 0 Å². The maximum absolute atomic E-state index is 13.2. The number of methoxy groups -OCH3 is 2. The molecule has 32 heavy (non-hydrogen) atoms. The lowest BCUT2D eigenvalue weighted by Crippen LogP contribution is -2.28. The SMILES string of the molecule is COc1ccc([C@H]2CC(c3cccs3)=NN2C(=O)CSc2nc(C)cc(N)n2)cc1OC. The fourth-order valence-electron chi connectivity index (χ4n) is 3.47. The zero-order valence-electron chi connectivity index (χ0n) is 17.9. The number of anilines is 1. The van der Waals surface area contributed by atoms with Crippen LogP contribution in [0.15, 0.2) is 52.0 Å². The molecule has 3 aromatic rings. The fourth-order valence-corrected chi connectivity index (χ4v) is 4.96. The Morgan fingerprint density at radius 3 is 2.72 bits per heavy atom. The van der Waals surface area contributed by atoms with Crippen molar-refractivity contribution in [2.75, 3.05) is 25.7 Å². The normalized spacial score (nSPS) is 15.5. The summed E-state index contributed by atoms with van der Waals surface area (Å²) in [5.41, 5.74) is 8.37. The highest BCUT2D eigenvalue weighted by Gasteiger charge is 2.34. The molecule has 0 saturated heterocycles. The first-order chi connectivity index (χ1) is 15.5. The fraction of sp³-hybridized carbons (Fsp3) is 0.273. The number of hydrazone groups is 1. The van der Waals surface area contributed by atoms with E-state index in [4.69, 9.17) is 20.3 Å². The lowest BCUT2D eigenvalue weighted by Gasteiger charge is -2.22. The molecule has 4 rings (SSSR count). The first-order valence-corrected chi connectivity index (χ1v) is 11.7. The van der Waals surface area contributed by atoms with Gasteiger partial charge in [0.1, 0.15) is 5.82 Å². The monoisotopic (exact) mass is 469 g/mol. The second kappa shape index (κ2) is 9.58. The average molecular weight is 470 g/mol. The summed E-state index contributed by atoms with van der Waals surface area (Å²) >= 11 is 2.85. The van der Waals surface area contributed by atoms with E-state index in [0.717, 1.165) is 21.8 Å². The third-order valence-corrected chi connectivity index (χ3v) is 6.69. The zero-order chi connectivity index (χ0) is 22.7. The van der Waals surface area contributed by atoms with E-state index in [1.165, 1.54) is 11.8 Å². The summed E-state index contributed by atoms with van der Waals surface area (Å²) in [6.07, 6.45) is 0.611. The van der Waals surface area contributed by atoms with Crippen LogP contribution in [0.4, 0.5) is 5.82 Å². The maximum Gasteiger partial charge on any atom is 0.253 e. The lowest BCUT2D eigenvalue weighted by molar-refractivity contribution is -0.130. The van der Waals surface area contributed by atoms with E-state index in [2.05, 4.69) is 9.97 Å². The second-order valence-electron chi connectivity index (χ2n) is 7.10. The van der Waals surface area contributed by atoms with Gasteiger partial charge < -0.3 is 15.2 Å². The number of benzene rings is 1. The Balaban J connectivity index is 1.60. The van der Waals surface area contributed by atoms with Gasteiger partial charge in [-0.25, -0.2) is 15.0 Å². The van der Waals surface area contributed by atoms with E-state index >= 15 is 0 Å². The number of aromatic nitrogens is 2. The Hall–Kier alpha value is -3.11. The highest BCUT2D eigenvalue weighted by atomic mass is 32.2. The molecule has 0 bridgehead atoms. The quantitative estimate of drug-likeness (QED) is 0.413. The summed E-state index contributed by atoms with van der Waals surface area (Å²) in [5, 5.41) is 8.73. The van der Waals surface area contributed by atoms with Crippen LogP contribution < -0.4 is 15.2 Å². The smallest absolute Gasteiger partial charge is 0.253 e. The maximum atomic E-state index is 13.2. The molecule has 1 aliphatic heterocycles. The van der Waals surface area contributed by atoms with Crippen LogP contribution in [0.2, 0.25) is 0 Å². The Bertz CT molecular complexity index is 1130. The molecular weight excluding hydrogens is 446 g/mol. The molecule has 1 atom stereocenters. The number of thioether (sulfide) groups is 1. The molecule has 2 aromatic heterocycles. The van der Waals surface area contributed by atoms with Gasteiger partial charge in [-0.15, -0.1) is 11.3 Å². The van der Waals surface area contributed by atoms with Crippen LogP contribution in [-0.4, -0.2) is 46.6 Å². The van der Waals surface area contributed by atoms with Gasteiger partial charge in [0.15, 0.2) is 16.7 Å². The number of nitrogens with two attached hydrogens (primary N) is 1. The Labute approximate surface area is 194 Å². The molecule has 1 aromatic carbocycles. The first kappa shape index (κ1) is 22.1. The third kappa shape index (κ3) is 4.71. The molecule has 0 unspecified atom stereocenters. The number of nitrogen functional groups attached to an aromatic ring is 1. The van der Waals surface area contributed by atoms with Gasteiger partial charge in [0, 0.05) is 18.2 Å². The van der Waals surface area contributed by atoms with Gasteiger partial charge in [-0.05, 0) is 36.1 Å². The summed E-state index contributed by atoms with van der Waals surface area (Å²) in [5.74, 6) is 1.64. The predicted molar refractivity (Wildman–Crippen MR) is 127 cm³/mol. The van der Waals surface area contributed by atoms with Crippen molar-refractivity contribution in [2.24, 2.45) is 5.10 Å². The largest absolute Gasteiger partial charge is 0.493 e. The van der Waals surface area contributed by atoms with Crippen molar-refractivity contribution in [3.05, 3.63) is 57.9 Å². The number of nitrogens with zero attached hydrogens (tertiary/aromatic N) is 4. The van der Waals surface area contributed by atoms with Gasteiger partial charge in [-0.2, -0.15) is 5.10 Å². The Morgan fingerprint density at radius 1 is 1.22 bits per heavy atom. The zero-order valence-corrected chi connectivity index (χ0v) is 19.6. The summed E-state index contributed by atoms with van der Waals surface area (Å²) in [6.45, 7) is 1.84. The highest BCUT2D eigenvalue weighted by Crippen LogP contribution is 2.38. The number of hydrogen-bond donors (Lipinski definition) is 1. The first-order valence-electron chi connectivity index (χ1n) is 9.87. The number of ether oxygens (including phenoxy) is 2. The molecule has 1 aliphatic rings. The summed E-state index contributed by atoms with van der Waals surface area (Å²) < 4.78 is 10.8. The molecule has 0 spiro atoms. The van der Waals surface area contributed by atoms with Crippen molar-refractivity contribution >= 4 is 40.5 Å². The van der Waals surface area contributed by atoms with Gasteiger partial charge >= 0.3 is 0 Å². The van der Waals surface area contributed by atoms with Crippen molar-refractivity contribution in [3.63, 3.8) is 0 Å². The topological polar surface area (TPSA) is 103 Å². The van der Waals surface area contributed by atoms with E-state index in [1.807, 2.05) is 42.6 Å². The number of thiophene rings is 1. The summed E-state index contributed by atoms with van der Waals surface area (Å²) in [6, 6.07) is 11.1. The second-order valence-corrected chi connectivity index (χ2v) is 8.99. The Kier molecular flexibility index (Phi) is 6.61. The van der Waals surface area contributed by atoms with E-state index in [9.17, 15) is 4.79 Å². The van der Waals surface area contributed by atoms with E-state index < -0.39 is 0 Å². The Morgan fingerprint density at radius 2 is 2.03 bits per heavy atom. The van der Waals surface area contributed by atoms with Crippen LogP contribution in [0.5, 0.6) is 11.5 Å². The molecular formula is C22H23N5O3S2. The third-order valence-electron chi connectivity index (χ3n) is 4.94. The van der Waals surface area contributed by atoms with E-state index in [1.54, 1.807) is 36.6 Å². The van der Waals surface area contributed by atoms with Crippen LogP contribution in [0.1, 0.15) is 28.6 Å². The van der Waals surface area contributed by atoms with Crippen LogP contribution >= 0.6 is 23.1 Å². The van der Waals surface area contributed by atoms with E-state index in [-0.39, 0.29) is 17.7 Å². The van der Waals surface area contributed by atoms with Crippen LogP contribution in [0, 0.1) is 6.92 Å². The van der Waals surface area contributed by atoms with Crippen molar-refractivity contribution < 1.29 is 14.3 Å². The minimum atomic E-state index is -0.247. The minimum absolute atomic E-state index is 0.134. The van der Waals surface area contributed by atoms with Crippen LogP contribution in [0.3, 0.4) is 0 Å². The van der Waals surface area contributed by atoms with Crippen molar-refractivity contribution in [1.82, 2.24) is 15.0 Å². The molecule has 0 radical (unpaired) electrons. The summed E-state index contributed by atoms with van der Waals surface area (Å²) in [4.78, 5) is 22.8. The molecule has 8 nitrogen and oxygen atoms in total. The lowest BCUT2D eigenvalue weighted by atomic mass is 10.0. The molecule has 2 N–H and O–H groups in total. The predicted octanol–water partition coefficient (Wildman–Crippen LogP) is 3.92. The van der Waals surface area contributed by atoms with Crippen molar-refractivity contribution in [2.45, 2.75) is 24.5 Å². The van der Waals surface area contributed by atoms with Gasteiger partial charge in [0.05, 0.1) is 36.6 Å². The highest BCUT2D eigenvalue weighted by molar-refractivity contribution is 7.99. The molecule has 0 saturated carbocycles.